The first kappa shape index (κ1) is 19.4. The van der Waals surface area contributed by atoms with Gasteiger partial charge in [0.1, 0.15) is 12.1 Å². The lowest BCUT2D eigenvalue weighted by Gasteiger charge is -2.17. The molecule has 0 spiro atoms. The van der Waals surface area contributed by atoms with E-state index in [4.69, 9.17) is 23.2 Å². The van der Waals surface area contributed by atoms with Crippen LogP contribution in [-0.4, -0.2) is 9.38 Å². The Morgan fingerprint density at radius 3 is 2.79 bits per heavy atom. The highest BCUT2D eigenvalue weighted by atomic mass is 79.9. The molecule has 5 nitrogen and oxygen atoms in total. The zero-order valence-corrected chi connectivity index (χ0v) is 18.4. The summed E-state index contributed by atoms with van der Waals surface area (Å²) in [6, 6.07) is 8.66. The van der Waals surface area contributed by atoms with Crippen molar-refractivity contribution in [3.8, 4) is 17.0 Å². The van der Waals surface area contributed by atoms with Gasteiger partial charge in [0.05, 0.1) is 17.0 Å². The van der Waals surface area contributed by atoms with E-state index >= 15 is 0 Å². The van der Waals surface area contributed by atoms with Gasteiger partial charge in [-0.3, -0.25) is 0 Å². The van der Waals surface area contributed by atoms with Gasteiger partial charge in [-0.25, -0.2) is 14.3 Å². The zero-order valence-electron chi connectivity index (χ0n) is 14.4. The molecule has 9 heteroatoms. The molecule has 3 aromatic heterocycles. The predicted molar refractivity (Wildman–Crippen MR) is 112 cm³/mol. The number of thiazole rings is 1. The average Bonchev–Trinajstić information content (AvgIpc) is 3.03. The smallest absolute Gasteiger partial charge is 0.349 e. The van der Waals surface area contributed by atoms with Crippen molar-refractivity contribution in [3.63, 3.8) is 0 Å². The second-order valence-electron chi connectivity index (χ2n) is 6.19. The van der Waals surface area contributed by atoms with Crippen LogP contribution in [0.25, 0.3) is 16.8 Å². The van der Waals surface area contributed by atoms with E-state index in [1.807, 2.05) is 13.0 Å². The van der Waals surface area contributed by atoms with Gasteiger partial charge in [0.2, 0.25) is 0 Å². The predicted octanol–water partition coefficient (Wildman–Crippen LogP) is 4.21. The van der Waals surface area contributed by atoms with E-state index in [0.717, 1.165) is 10.4 Å². The minimum absolute atomic E-state index is 0.0573. The molecule has 28 heavy (non-hydrogen) atoms. The monoisotopic (exact) mass is 495 g/mol. The van der Waals surface area contributed by atoms with E-state index in [0.29, 0.717) is 25.2 Å². The lowest BCUT2D eigenvalue weighted by atomic mass is 10.1. The largest absolute Gasteiger partial charge is 0.842 e. The number of hydrogen-bond acceptors (Lipinski definition) is 4. The molecule has 0 fully saturated rings. The van der Waals surface area contributed by atoms with Crippen LogP contribution in [0.5, 0.6) is 5.88 Å². The third kappa shape index (κ3) is 3.43. The number of nitrogens with zero attached hydrogens (tertiary/aromatic N) is 3. The summed E-state index contributed by atoms with van der Waals surface area (Å²) < 4.78 is 4.15. The van der Waals surface area contributed by atoms with Gasteiger partial charge in [0, 0.05) is 21.3 Å². The van der Waals surface area contributed by atoms with Gasteiger partial charge in [0.15, 0.2) is 4.47 Å². The molecule has 0 bridgehead atoms. The highest BCUT2D eigenvalue weighted by Gasteiger charge is 2.22. The Labute approximate surface area is 182 Å². The molecule has 0 aliphatic heterocycles. The fraction of sp³-hybridized carbons (Fsp3) is 0.105. The molecule has 0 N–H and O–H groups in total. The van der Waals surface area contributed by atoms with Crippen LogP contribution in [0, 0.1) is 6.92 Å². The maximum Gasteiger partial charge on any atom is 0.349 e. The van der Waals surface area contributed by atoms with Gasteiger partial charge in [-0.2, -0.15) is 4.40 Å². The van der Waals surface area contributed by atoms with E-state index in [2.05, 4.69) is 20.9 Å². The Bertz CT molecular complexity index is 1270. The van der Waals surface area contributed by atoms with Crippen LogP contribution in [0.15, 0.2) is 52.0 Å². The standard InChI is InChI=1S/C19H12BrCl2N3O2S/c1-10-3-2-4-24-16(10)25(9-14-8-23-19(22)28-14)18(27)15(17(24)26)11-5-12(20)7-13(21)6-11/h2-8H,9H2,1H3. The van der Waals surface area contributed by atoms with Crippen molar-refractivity contribution in [2.24, 2.45) is 0 Å². The number of aryl methyl sites for hydroxylation is 1. The van der Waals surface area contributed by atoms with E-state index in [1.165, 1.54) is 15.7 Å². The van der Waals surface area contributed by atoms with Crippen molar-refractivity contribution in [3.05, 3.63) is 77.5 Å². The molecule has 142 valence electrons. The summed E-state index contributed by atoms with van der Waals surface area (Å²) in [4.78, 5) is 18.1. The molecule has 1 aromatic carbocycles. The summed E-state index contributed by atoms with van der Waals surface area (Å²) in [5.74, 6) is -0.391. The summed E-state index contributed by atoms with van der Waals surface area (Å²) >= 11 is 16.8. The zero-order chi connectivity index (χ0) is 20.0. The van der Waals surface area contributed by atoms with Crippen LogP contribution < -0.4 is 15.2 Å². The molecule has 0 aliphatic rings. The first-order valence-corrected chi connectivity index (χ1v) is 10.5. The average molecular weight is 497 g/mol. The molecule has 0 atom stereocenters. The highest BCUT2D eigenvalue weighted by Crippen LogP contribution is 2.29. The van der Waals surface area contributed by atoms with E-state index < -0.39 is 11.4 Å². The SMILES string of the molecule is Cc1cccn2c(=O)c(-c3cc(Cl)cc(Br)c3)c([O-])[n+](Cc3cnc(Cl)s3)c12. The number of pyridine rings is 1. The van der Waals surface area contributed by atoms with E-state index in [9.17, 15) is 9.90 Å². The summed E-state index contributed by atoms with van der Waals surface area (Å²) in [6.45, 7) is 2.12. The Morgan fingerprint density at radius 2 is 2.11 bits per heavy atom. The number of rotatable bonds is 3. The number of aromatic nitrogens is 3. The Hall–Kier alpha value is -1.93. The summed E-state index contributed by atoms with van der Waals surface area (Å²) in [5, 5.41) is 13.9. The number of hydrogen-bond donors (Lipinski definition) is 0. The summed E-state index contributed by atoms with van der Waals surface area (Å²) in [5.41, 5.74) is 1.47. The van der Waals surface area contributed by atoms with Crippen molar-refractivity contribution >= 4 is 56.1 Å². The van der Waals surface area contributed by atoms with Gasteiger partial charge in [-0.15, -0.1) is 11.3 Å². The maximum absolute atomic E-state index is 13.4. The van der Waals surface area contributed by atoms with Crippen LogP contribution in [0.1, 0.15) is 10.4 Å². The molecule has 0 radical (unpaired) electrons. The fourth-order valence-electron chi connectivity index (χ4n) is 3.16. The molecular formula is C19H12BrCl2N3O2S. The maximum atomic E-state index is 13.4. The van der Waals surface area contributed by atoms with Crippen molar-refractivity contribution in [1.82, 2.24) is 9.38 Å². The Kier molecular flexibility index (Phi) is 5.18. The first-order chi connectivity index (χ1) is 13.3. The van der Waals surface area contributed by atoms with Gasteiger partial charge in [-0.1, -0.05) is 39.1 Å². The van der Waals surface area contributed by atoms with Crippen molar-refractivity contribution < 1.29 is 9.67 Å². The van der Waals surface area contributed by atoms with Crippen molar-refractivity contribution in [2.45, 2.75) is 13.5 Å². The summed E-state index contributed by atoms with van der Waals surface area (Å²) in [6.07, 6.45) is 3.29. The van der Waals surface area contributed by atoms with Crippen LogP contribution in [-0.2, 0) is 6.54 Å². The molecule has 0 unspecified atom stereocenters. The van der Waals surface area contributed by atoms with Crippen molar-refractivity contribution in [2.75, 3.05) is 0 Å². The van der Waals surface area contributed by atoms with E-state index in [-0.39, 0.29) is 12.1 Å². The van der Waals surface area contributed by atoms with Crippen LogP contribution in [0.4, 0.5) is 0 Å². The molecule has 3 heterocycles. The second-order valence-corrected chi connectivity index (χ2v) is 9.24. The Morgan fingerprint density at radius 1 is 1.32 bits per heavy atom. The lowest BCUT2D eigenvalue weighted by molar-refractivity contribution is -0.707. The number of fused-ring (bicyclic) bond motifs is 1. The normalized spacial score (nSPS) is 11.3. The van der Waals surface area contributed by atoms with Crippen molar-refractivity contribution in [1.29, 1.82) is 0 Å². The van der Waals surface area contributed by atoms with Gasteiger partial charge < -0.3 is 5.11 Å². The molecule has 0 amide bonds. The minimum Gasteiger partial charge on any atom is -0.842 e. The topological polar surface area (TPSA) is 61.3 Å². The van der Waals surface area contributed by atoms with Gasteiger partial charge in [0.25, 0.3) is 5.65 Å². The van der Waals surface area contributed by atoms with Crippen LogP contribution >= 0.6 is 50.5 Å². The number of halogens is 3. The van der Waals surface area contributed by atoms with E-state index in [1.54, 1.807) is 41.2 Å². The molecule has 4 rings (SSSR count). The van der Waals surface area contributed by atoms with Gasteiger partial charge in [-0.05, 0) is 42.8 Å². The molecule has 0 saturated heterocycles. The quantitative estimate of drug-likeness (QED) is 0.399. The highest BCUT2D eigenvalue weighted by molar-refractivity contribution is 9.10. The molecule has 0 saturated carbocycles. The van der Waals surface area contributed by atoms with Gasteiger partial charge >= 0.3 is 5.56 Å². The molecule has 4 aromatic rings. The fourth-order valence-corrected chi connectivity index (χ4v) is 4.99. The third-order valence-corrected chi connectivity index (χ3v) is 6.08. The first-order valence-electron chi connectivity index (χ1n) is 8.16. The minimum atomic E-state index is -0.392. The second kappa shape index (κ2) is 7.48. The van der Waals surface area contributed by atoms with Crippen LogP contribution in [0.2, 0.25) is 9.49 Å². The lowest BCUT2D eigenvalue weighted by Crippen LogP contribution is -2.44. The number of benzene rings is 1. The molecule has 0 aliphatic carbocycles. The Balaban J connectivity index is 2.08. The summed E-state index contributed by atoms with van der Waals surface area (Å²) in [7, 11) is 0. The van der Waals surface area contributed by atoms with Crippen LogP contribution in [0.3, 0.4) is 0 Å². The third-order valence-electron chi connectivity index (χ3n) is 4.30. The molecular weight excluding hydrogens is 485 g/mol.